The van der Waals surface area contributed by atoms with Crippen molar-refractivity contribution in [3.8, 4) is 5.75 Å². The number of aromatic hydroxyl groups is 1. The van der Waals surface area contributed by atoms with Crippen LogP contribution in [0.15, 0.2) is 24.3 Å². The van der Waals surface area contributed by atoms with Gasteiger partial charge in [-0.15, -0.1) is 0 Å². The van der Waals surface area contributed by atoms with E-state index in [0.717, 1.165) is 18.9 Å². The van der Waals surface area contributed by atoms with E-state index in [1.54, 1.807) is 12.1 Å². The van der Waals surface area contributed by atoms with Crippen LogP contribution in [0.2, 0.25) is 0 Å². The van der Waals surface area contributed by atoms with Crippen molar-refractivity contribution in [2.75, 3.05) is 6.54 Å². The summed E-state index contributed by atoms with van der Waals surface area (Å²) in [5, 5.41) is 13.1. The van der Waals surface area contributed by atoms with Crippen LogP contribution in [0.1, 0.15) is 51.0 Å². The average Bonchev–Trinajstić information content (AvgIpc) is 2.46. The Bertz CT molecular complexity index is 354. The molecule has 1 aromatic rings. The van der Waals surface area contributed by atoms with E-state index in [4.69, 9.17) is 0 Å². The minimum atomic E-state index is 0.361. The van der Waals surface area contributed by atoms with Gasteiger partial charge in [0, 0.05) is 6.04 Å². The SMILES string of the molecule is CCCNC(Cc1ccc(O)cc1)C1CCCCC1. The summed E-state index contributed by atoms with van der Waals surface area (Å²) in [6, 6.07) is 8.31. The van der Waals surface area contributed by atoms with E-state index in [9.17, 15) is 5.11 Å². The zero-order valence-corrected chi connectivity index (χ0v) is 12.1. The summed E-state index contributed by atoms with van der Waals surface area (Å²) in [5.41, 5.74) is 1.33. The van der Waals surface area contributed by atoms with Gasteiger partial charge < -0.3 is 10.4 Å². The Hall–Kier alpha value is -1.02. The molecule has 0 amide bonds. The Morgan fingerprint density at radius 1 is 1.16 bits per heavy atom. The summed E-state index contributed by atoms with van der Waals surface area (Å²) >= 11 is 0. The number of phenolic OH excluding ortho intramolecular Hbond substituents is 1. The number of nitrogens with one attached hydrogen (secondary N) is 1. The maximum atomic E-state index is 9.37. The molecule has 1 atom stereocenters. The predicted molar refractivity (Wildman–Crippen MR) is 80.5 cm³/mol. The van der Waals surface area contributed by atoms with E-state index in [0.29, 0.717) is 11.8 Å². The van der Waals surface area contributed by atoms with Gasteiger partial charge in [0.1, 0.15) is 5.75 Å². The molecule has 0 spiro atoms. The van der Waals surface area contributed by atoms with Crippen molar-refractivity contribution in [2.45, 2.75) is 57.9 Å². The Morgan fingerprint density at radius 2 is 1.84 bits per heavy atom. The predicted octanol–water partition coefficient (Wildman–Crippen LogP) is 3.88. The highest BCUT2D eigenvalue weighted by atomic mass is 16.3. The summed E-state index contributed by atoms with van der Waals surface area (Å²) in [6.45, 7) is 3.34. The normalized spacial score (nSPS) is 18.4. The average molecular weight is 261 g/mol. The molecule has 0 heterocycles. The smallest absolute Gasteiger partial charge is 0.115 e. The van der Waals surface area contributed by atoms with Gasteiger partial charge in [0.05, 0.1) is 0 Å². The van der Waals surface area contributed by atoms with E-state index >= 15 is 0 Å². The van der Waals surface area contributed by atoms with Gasteiger partial charge in [-0.25, -0.2) is 0 Å². The van der Waals surface area contributed by atoms with E-state index in [-0.39, 0.29) is 0 Å². The molecule has 1 saturated carbocycles. The lowest BCUT2D eigenvalue weighted by Gasteiger charge is -2.31. The molecule has 1 aromatic carbocycles. The molecule has 2 N–H and O–H groups in total. The van der Waals surface area contributed by atoms with Gasteiger partial charge in [-0.1, -0.05) is 38.3 Å². The van der Waals surface area contributed by atoms with Crippen molar-refractivity contribution in [1.82, 2.24) is 5.32 Å². The number of benzene rings is 1. The molecule has 106 valence electrons. The molecule has 0 saturated heterocycles. The second kappa shape index (κ2) is 7.54. The van der Waals surface area contributed by atoms with Crippen LogP contribution >= 0.6 is 0 Å². The van der Waals surface area contributed by atoms with E-state index in [1.807, 2.05) is 0 Å². The topological polar surface area (TPSA) is 32.3 Å². The minimum Gasteiger partial charge on any atom is -0.508 e. The molecule has 0 bridgehead atoms. The number of phenols is 1. The summed E-state index contributed by atoms with van der Waals surface area (Å²) in [5.74, 6) is 1.19. The van der Waals surface area contributed by atoms with Crippen LogP contribution < -0.4 is 5.32 Å². The second-order valence-corrected chi connectivity index (χ2v) is 5.83. The number of hydrogen-bond acceptors (Lipinski definition) is 2. The molecular formula is C17H27NO. The van der Waals surface area contributed by atoms with E-state index in [2.05, 4.69) is 24.4 Å². The van der Waals surface area contributed by atoms with Crippen LogP contribution in [0.4, 0.5) is 0 Å². The van der Waals surface area contributed by atoms with Crippen molar-refractivity contribution in [3.05, 3.63) is 29.8 Å². The third-order valence-corrected chi connectivity index (χ3v) is 4.27. The van der Waals surface area contributed by atoms with Gasteiger partial charge in [0.2, 0.25) is 0 Å². The third-order valence-electron chi connectivity index (χ3n) is 4.27. The maximum absolute atomic E-state index is 9.37. The highest BCUT2D eigenvalue weighted by Crippen LogP contribution is 2.28. The minimum absolute atomic E-state index is 0.361. The van der Waals surface area contributed by atoms with E-state index in [1.165, 1.54) is 44.1 Å². The van der Waals surface area contributed by atoms with Crippen LogP contribution in [0, 0.1) is 5.92 Å². The van der Waals surface area contributed by atoms with Crippen molar-refractivity contribution < 1.29 is 5.11 Å². The van der Waals surface area contributed by atoms with E-state index < -0.39 is 0 Å². The van der Waals surface area contributed by atoms with Crippen LogP contribution in [0.5, 0.6) is 5.75 Å². The molecule has 1 unspecified atom stereocenters. The fraction of sp³-hybridized carbons (Fsp3) is 0.647. The van der Waals surface area contributed by atoms with Crippen LogP contribution in [0.25, 0.3) is 0 Å². The van der Waals surface area contributed by atoms with Crippen molar-refractivity contribution >= 4 is 0 Å². The van der Waals surface area contributed by atoms with Crippen LogP contribution in [-0.4, -0.2) is 17.7 Å². The lowest BCUT2D eigenvalue weighted by molar-refractivity contribution is 0.267. The summed E-state index contributed by atoms with van der Waals surface area (Å²) in [7, 11) is 0. The quantitative estimate of drug-likeness (QED) is 0.814. The molecule has 2 heteroatoms. The lowest BCUT2D eigenvalue weighted by atomic mass is 9.81. The van der Waals surface area contributed by atoms with Crippen molar-refractivity contribution in [1.29, 1.82) is 0 Å². The first-order chi connectivity index (χ1) is 9.29. The van der Waals surface area contributed by atoms with Gasteiger partial charge in [-0.05, 0) is 55.8 Å². The fourth-order valence-corrected chi connectivity index (χ4v) is 3.16. The first kappa shape index (κ1) is 14.4. The molecule has 0 aromatic heterocycles. The Kier molecular flexibility index (Phi) is 5.71. The Labute approximate surface area is 117 Å². The first-order valence-corrected chi connectivity index (χ1v) is 7.81. The monoisotopic (exact) mass is 261 g/mol. The molecule has 0 aliphatic heterocycles. The second-order valence-electron chi connectivity index (χ2n) is 5.83. The van der Waals surface area contributed by atoms with Gasteiger partial charge in [0.25, 0.3) is 0 Å². The molecule has 19 heavy (non-hydrogen) atoms. The molecule has 2 nitrogen and oxygen atoms in total. The van der Waals surface area contributed by atoms with Crippen LogP contribution in [0.3, 0.4) is 0 Å². The maximum Gasteiger partial charge on any atom is 0.115 e. The van der Waals surface area contributed by atoms with Gasteiger partial charge in [0.15, 0.2) is 0 Å². The highest BCUT2D eigenvalue weighted by Gasteiger charge is 2.23. The largest absolute Gasteiger partial charge is 0.508 e. The molecule has 0 radical (unpaired) electrons. The third kappa shape index (κ3) is 4.54. The highest BCUT2D eigenvalue weighted by molar-refractivity contribution is 5.26. The lowest BCUT2D eigenvalue weighted by Crippen LogP contribution is -2.39. The van der Waals surface area contributed by atoms with Gasteiger partial charge in [-0.3, -0.25) is 0 Å². The molecule has 1 aliphatic rings. The van der Waals surface area contributed by atoms with Crippen LogP contribution in [-0.2, 0) is 6.42 Å². The zero-order chi connectivity index (χ0) is 13.5. The summed E-state index contributed by atoms with van der Waals surface area (Å²) in [6.07, 6.45) is 9.23. The zero-order valence-electron chi connectivity index (χ0n) is 12.1. The Balaban J connectivity index is 1.97. The summed E-state index contributed by atoms with van der Waals surface area (Å²) < 4.78 is 0. The van der Waals surface area contributed by atoms with Crippen molar-refractivity contribution in [2.24, 2.45) is 5.92 Å². The molecule has 1 aliphatic carbocycles. The Morgan fingerprint density at radius 3 is 2.47 bits per heavy atom. The molecule has 2 rings (SSSR count). The molecule has 1 fully saturated rings. The fourth-order valence-electron chi connectivity index (χ4n) is 3.16. The van der Waals surface area contributed by atoms with Crippen molar-refractivity contribution in [3.63, 3.8) is 0 Å². The summed E-state index contributed by atoms with van der Waals surface area (Å²) in [4.78, 5) is 0. The standard InChI is InChI=1S/C17H27NO/c1-2-12-18-17(15-6-4-3-5-7-15)13-14-8-10-16(19)11-9-14/h8-11,15,17-19H,2-7,12-13H2,1H3. The van der Waals surface area contributed by atoms with Gasteiger partial charge in [-0.2, -0.15) is 0 Å². The number of rotatable bonds is 6. The number of hydrogen-bond donors (Lipinski definition) is 2. The van der Waals surface area contributed by atoms with Gasteiger partial charge >= 0.3 is 0 Å². The first-order valence-electron chi connectivity index (χ1n) is 7.81. The molecular weight excluding hydrogens is 234 g/mol.